The van der Waals surface area contributed by atoms with Crippen molar-refractivity contribution in [1.82, 2.24) is 10.2 Å². The van der Waals surface area contributed by atoms with E-state index in [-0.39, 0.29) is 12.6 Å². The largest absolute Gasteiger partial charge is 0.380 e. The number of carbonyl (C=O) groups is 2. The summed E-state index contributed by atoms with van der Waals surface area (Å²) >= 11 is 1.38. The summed E-state index contributed by atoms with van der Waals surface area (Å²) in [4.78, 5) is 27.5. The van der Waals surface area contributed by atoms with Crippen LogP contribution in [0.3, 0.4) is 0 Å². The molecule has 1 saturated heterocycles. The van der Waals surface area contributed by atoms with E-state index in [0.29, 0.717) is 11.4 Å². The summed E-state index contributed by atoms with van der Waals surface area (Å²) in [5, 5.41) is 34.4. The Balaban J connectivity index is 1.34. The minimum atomic E-state index is -1.87. The second kappa shape index (κ2) is 10.6. The fourth-order valence-corrected chi connectivity index (χ4v) is 4.93. The first kappa shape index (κ1) is 23.6. The quantitative estimate of drug-likeness (QED) is 0.486. The second-order valence-corrected chi connectivity index (χ2v) is 9.10. The van der Waals surface area contributed by atoms with Gasteiger partial charge < -0.3 is 20.4 Å². The highest BCUT2D eigenvalue weighted by Crippen LogP contribution is 2.32. The fourth-order valence-electron chi connectivity index (χ4n) is 4.22. The smallest absolute Gasteiger partial charge is 0.255 e. The molecule has 0 aliphatic carbocycles. The summed E-state index contributed by atoms with van der Waals surface area (Å²) in [5.41, 5.74) is 3.50. The number of nitrogens with one attached hydrogen (secondary N) is 1. The summed E-state index contributed by atoms with van der Waals surface area (Å²) < 4.78 is 0. The highest BCUT2D eigenvalue weighted by atomic mass is 32.1. The van der Waals surface area contributed by atoms with Crippen LogP contribution in [0.5, 0.6) is 0 Å². The Labute approximate surface area is 201 Å². The molecule has 0 saturated carbocycles. The molecule has 0 bridgehead atoms. The van der Waals surface area contributed by atoms with Crippen LogP contribution >= 0.6 is 11.3 Å². The molecule has 0 radical (unpaired) electrons. The second-order valence-electron chi connectivity index (χ2n) is 8.18. The average molecular weight is 476 g/mol. The molecular formula is C26H25N3O4S. The van der Waals surface area contributed by atoms with Gasteiger partial charge in [0.25, 0.3) is 11.8 Å². The van der Waals surface area contributed by atoms with E-state index in [9.17, 15) is 25.1 Å². The highest BCUT2D eigenvalue weighted by Gasteiger charge is 2.38. The molecule has 3 aromatic rings. The molecule has 174 valence electrons. The molecule has 7 nitrogen and oxygen atoms in total. The van der Waals surface area contributed by atoms with E-state index in [1.165, 1.54) is 16.2 Å². The highest BCUT2D eigenvalue weighted by molar-refractivity contribution is 7.11. The lowest BCUT2D eigenvalue weighted by atomic mass is 10.0. The first-order valence-corrected chi connectivity index (χ1v) is 11.9. The molecule has 0 spiro atoms. The van der Waals surface area contributed by atoms with Gasteiger partial charge in [0.2, 0.25) is 0 Å². The molecular weight excluding hydrogens is 450 g/mol. The van der Waals surface area contributed by atoms with E-state index in [4.69, 9.17) is 0 Å². The maximum absolute atomic E-state index is 12.9. The van der Waals surface area contributed by atoms with Gasteiger partial charge in [-0.25, -0.2) is 0 Å². The zero-order valence-electron chi connectivity index (χ0n) is 18.4. The molecule has 34 heavy (non-hydrogen) atoms. The molecule has 4 rings (SSSR count). The van der Waals surface area contributed by atoms with E-state index in [0.717, 1.165) is 35.1 Å². The van der Waals surface area contributed by atoms with Gasteiger partial charge in [-0.1, -0.05) is 54.6 Å². The van der Waals surface area contributed by atoms with Gasteiger partial charge in [0, 0.05) is 18.7 Å². The van der Waals surface area contributed by atoms with Crippen molar-refractivity contribution >= 4 is 23.2 Å². The van der Waals surface area contributed by atoms with E-state index < -0.39 is 24.0 Å². The Kier molecular flexibility index (Phi) is 7.38. The molecule has 2 amide bonds. The van der Waals surface area contributed by atoms with Gasteiger partial charge in [-0.3, -0.25) is 9.59 Å². The van der Waals surface area contributed by atoms with Gasteiger partial charge in [-0.2, -0.15) is 5.26 Å². The standard InChI is InChI=1S/C26H25N3O4S/c27-15-22-20(12-14-34-22)18-10-8-17(9-11-18)16-28-25(32)23(30)24(31)26(33)29-13-4-7-21(29)19-5-2-1-3-6-19/h1-3,5-6,8-12,14,21,23-24,30-31H,4,7,13,16H2,(H,28,32)/t21?,23-,24?/m1/s1. The topological polar surface area (TPSA) is 114 Å². The van der Waals surface area contributed by atoms with Gasteiger partial charge in [0.1, 0.15) is 10.9 Å². The molecule has 1 fully saturated rings. The maximum atomic E-state index is 12.9. The molecule has 8 heteroatoms. The van der Waals surface area contributed by atoms with Crippen LogP contribution in [0.15, 0.2) is 66.0 Å². The Morgan fingerprint density at radius 1 is 1.09 bits per heavy atom. The van der Waals surface area contributed by atoms with Crippen molar-refractivity contribution in [3.8, 4) is 17.2 Å². The first-order chi connectivity index (χ1) is 16.5. The van der Waals surface area contributed by atoms with E-state index >= 15 is 0 Å². The van der Waals surface area contributed by atoms with Crippen molar-refractivity contribution < 1.29 is 19.8 Å². The van der Waals surface area contributed by atoms with Crippen LogP contribution in [0.4, 0.5) is 0 Å². The summed E-state index contributed by atoms with van der Waals surface area (Å²) in [7, 11) is 0. The van der Waals surface area contributed by atoms with Gasteiger partial charge in [0.15, 0.2) is 12.2 Å². The predicted octanol–water partition coefficient (Wildman–Crippen LogP) is 2.99. The van der Waals surface area contributed by atoms with E-state index in [1.54, 1.807) is 0 Å². The number of benzene rings is 2. The molecule has 2 aromatic carbocycles. The maximum Gasteiger partial charge on any atom is 0.255 e. The number of thiophene rings is 1. The van der Waals surface area contributed by atoms with Crippen molar-refractivity contribution in [3.63, 3.8) is 0 Å². The molecule has 2 heterocycles. The number of likely N-dealkylation sites (tertiary alicyclic amines) is 1. The zero-order chi connectivity index (χ0) is 24.1. The lowest BCUT2D eigenvalue weighted by Crippen LogP contribution is -2.50. The Morgan fingerprint density at radius 3 is 2.53 bits per heavy atom. The average Bonchev–Trinajstić information content (AvgIpc) is 3.56. The number of aliphatic hydroxyl groups excluding tert-OH is 2. The van der Waals surface area contributed by atoms with Crippen molar-refractivity contribution in [2.24, 2.45) is 0 Å². The summed E-state index contributed by atoms with van der Waals surface area (Å²) in [6, 6.07) is 20.8. The Bertz CT molecular complexity index is 1190. The number of hydrogen-bond donors (Lipinski definition) is 3. The fraction of sp³-hybridized carbons (Fsp3) is 0.269. The first-order valence-electron chi connectivity index (χ1n) is 11.1. The Hall–Kier alpha value is -3.51. The number of carbonyl (C=O) groups excluding carboxylic acids is 2. The van der Waals surface area contributed by atoms with Crippen LogP contribution in [0.1, 0.15) is 34.9 Å². The summed E-state index contributed by atoms with van der Waals surface area (Å²) in [6.07, 6.45) is -2.15. The van der Waals surface area contributed by atoms with Crippen molar-refractivity contribution in [2.75, 3.05) is 6.54 Å². The zero-order valence-corrected chi connectivity index (χ0v) is 19.2. The lowest BCUT2D eigenvalue weighted by Gasteiger charge is -2.28. The third-order valence-corrected chi connectivity index (χ3v) is 6.86. The SMILES string of the molecule is N#Cc1sccc1-c1ccc(CNC(=O)[C@H](O)C(O)C(=O)N2CCCC2c2ccccc2)cc1. The van der Waals surface area contributed by atoms with E-state index in [1.807, 2.05) is 66.0 Å². The number of nitriles is 1. The lowest BCUT2D eigenvalue weighted by molar-refractivity contribution is -0.153. The van der Waals surface area contributed by atoms with Gasteiger partial charge in [0.05, 0.1) is 6.04 Å². The van der Waals surface area contributed by atoms with Crippen LogP contribution in [-0.2, 0) is 16.1 Å². The molecule has 3 N–H and O–H groups in total. The van der Waals surface area contributed by atoms with Crippen LogP contribution in [0, 0.1) is 11.3 Å². The molecule has 1 aliphatic heterocycles. The van der Waals surface area contributed by atoms with Crippen molar-refractivity contribution in [2.45, 2.75) is 37.6 Å². The number of amides is 2. The summed E-state index contributed by atoms with van der Waals surface area (Å²) in [5.74, 6) is -1.47. The van der Waals surface area contributed by atoms with Gasteiger partial charge in [-0.15, -0.1) is 11.3 Å². The van der Waals surface area contributed by atoms with Crippen LogP contribution in [0.25, 0.3) is 11.1 Å². The Morgan fingerprint density at radius 2 is 1.82 bits per heavy atom. The molecule has 3 atom stereocenters. The minimum absolute atomic E-state index is 0.127. The molecule has 2 unspecified atom stereocenters. The normalized spacial score (nSPS) is 17.1. The van der Waals surface area contributed by atoms with Crippen molar-refractivity contribution in [1.29, 1.82) is 5.26 Å². The van der Waals surface area contributed by atoms with E-state index in [2.05, 4.69) is 11.4 Å². The molecule has 1 aromatic heterocycles. The molecule has 1 aliphatic rings. The predicted molar refractivity (Wildman–Crippen MR) is 128 cm³/mol. The number of hydrogen-bond acceptors (Lipinski definition) is 6. The minimum Gasteiger partial charge on any atom is -0.380 e. The summed E-state index contributed by atoms with van der Waals surface area (Å²) in [6.45, 7) is 0.593. The van der Waals surface area contributed by atoms with Crippen LogP contribution < -0.4 is 5.32 Å². The third kappa shape index (κ3) is 5.02. The van der Waals surface area contributed by atoms with Crippen LogP contribution in [-0.4, -0.2) is 45.7 Å². The monoisotopic (exact) mass is 475 g/mol. The number of aliphatic hydroxyl groups is 2. The number of rotatable bonds is 7. The van der Waals surface area contributed by atoms with Crippen LogP contribution in [0.2, 0.25) is 0 Å². The third-order valence-electron chi connectivity index (χ3n) is 6.04. The van der Waals surface area contributed by atoms with Gasteiger partial charge in [-0.05, 0) is 41.0 Å². The van der Waals surface area contributed by atoms with Gasteiger partial charge >= 0.3 is 0 Å². The number of nitrogens with zero attached hydrogens (tertiary/aromatic N) is 2. The van der Waals surface area contributed by atoms with Crippen molar-refractivity contribution in [3.05, 3.63) is 82.0 Å².